The first-order chi connectivity index (χ1) is 8.63. The minimum atomic E-state index is -0.198. The highest BCUT2D eigenvalue weighted by molar-refractivity contribution is 9.11. The summed E-state index contributed by atoms with van der Waals surface area (Å²) in [5.74, 6) is 0.592. The maximum Gasteiger partial charge on any atom is 0.124 e. The highest BCUT2D eigenvalue weighted by Gasteiger charge is 2.07. The van der Waals surface area contributed by atoms with E-state index in [0.717, 1.165) is 20.9 Å². The molecule has 0 spiro atoms. The molecule has 0 saturated heterocycles. The molecule has 96 valence electrons. The quantitative estimate of drug-likeness (QED) is 0.817. The second-order valence-electron chi connectivity index (χ2n) is 3.94. The molecule has 0 bridgehead atoms. The van der Waals surface area contributed by atoms with Gasteiger partial charge in [0.1, 0.15) is 5.82 Å². The molecule has 1 aromatic heterocycles. The van der Waals surface area contributed by atoms with Crippen LogP contribution in [0.2, 0.25) is 0 Å². The Morgan fingerprint density at radius 1 is 1.33 bits per heavy atom. The van der Waals surface area contributed by atoms with Gasteiger partial charge in [-0.3, -0.25) is 0 Å². The van der Waals surface area contributed by atoms with Crippen LogP contribution in [0.15, 0.2) is 45.1 Å². The van der Waals surface area contributed by atoms with Crippen LogP contribution in [0.4, 0.5) is 4.39 Å². The Kier molecular flexibility index (Phi) is 5.24. The zero-order valence-corrected chi connectivity index (χ0v) is 12.8. The van der Waals surface area contributed by atoms with E-state index in [1.54, 1.807) is 35.2 Å². The zero-order chi connectivity index (χ0) is 13.0. The van der Waals surface area contributed by atoms with E-state index in [2.05, 4.69) is 22.0 Å². The Labute approximate surface area is 123 Å². The van der Waals surface area contributed by atoms with Gasteiger partial charge < -0.3 is 5.73 Å². The van der Waals surface area contributed by atoms with Crippen molar-refractivity contribution in [3.63, 3.8) is 0 Å². The maximum absolute atomic E-state index is 13.0. The number of halogens is 2. The molecule has 2 rings (SSSR count). The van der Waals surface area contributed by atoms with Crippen molar-refractivity contribution in [3.05, 3.63) is 50.9 Å². The lowest BCUT2D eigenvalue weighted by atomic mass is 10.2. The average molecular weight is 346 g/mol. The van der Waals surface area contributed by atoms with E-state index in [1.807, 2.05) is 12.1 Å². The van der Waals surface area contributed by atoms with E-state index < -0.39 is 0 Å². The van der Waals surface area contributed by atoms with Gasteiger partial charge in [-0.15, -0.1) is 23.1 Å². The predicted molar refractivity (Wildman–Crippen MR) is 80.8 cm³/mol. The van der Waals surface area contributed by atoms with Crippen molar-refractivity contribution >= 4 is 39.0 Å². The Hall–Kier alpha value is -0.360. The Bertz CT molecular complexity index is 515. The van der Waals surface area contributed by atoms with Crippen LogP contribution in [0, 0.1) is 5.82 Å². The fourth-order valence-electron chi connectivity index (χ4n) is 1.54. The van der Waals surface area contributed by atoms with Crippen LogP contribution in [-0.2, 0) is 6.42 Å². The van der Waals surface area contributed by atoms with Crippen LogP contribution in [0.25, 0.3) is 0 Å². The number of nitrogens with two attached hydrogens (primary N) is 1. The van der Waals surface area contributed by atoms with Crippen LogP contribution < -0.4 is 5.73 Å². The van der Waals surface area contributed by atoms with E-state index in [0.29, 0.717) is 0 Å². The molecular formula is C13H13BrFNS2. The molecule has 0 radical (unpaired) electrons. The molecule has 1 unspecified atom stereocenters. The van der Waals surface area contributed by atoms with E-state index in [9.17, 15) is 4.39 Å². The van der Waals surface area contributed by atoms with Crippen molar-refractivity contribution in [1.29, 1.82) is 0 Å². The zero-order valence-electron chi connectivity index (χ0n) is 9.61. The van der Waals surface area contributed by atoms with Gasteiger partial charge in [0.25, 0.3) is 0 Å². The molecule has 0 saturated carbocycles. The second kappa shape index (κ2) is 6.70. The van der Waals surface area contributed by atoms with Crippen molar-refractivity contribution in [2.75, 3.05) is 5.75 Å². The molecule has 0 aliphatic rings. The molecule has 0 aliphatic heterocycles. The summed E-state index contributed by atoms with van der Waals surface area (Å²) in [5, 5.41) is 0. The van der Waals surface area contributed by atoms with Gasteiger partial charge >= 0.3 is 0 Å². The summed E-state index contributed by atoms with van der Waals surface area (Å²) in [4.78, 5) is 2.20. The molecule has 1 aromatic carbocycles. The van der Waals surface area contributed by atoms with E-state index in [-0.39, 0.29) is 11.9 Å². The van der Waals surface area contributed by atoms with Gasteiger partial charge in [-0.2, -0.15) is 0 Å². The Balaban J connectivity index is 1.83. The lowest BCUT2D eigenvalue weighted by Crippen LogP contribution is -2.25. The molecule has 2 aromatic rings. The van der Waals surface area contributed by atoms with Crippen molar-refractivity contribution in [1.82, 2.24) is 0 Å². The normalized spacial score (nSPS) is 12.6. The average Bonchev–Trinajstić information content (AvgIpc) is 2.72. The molecule has 1 atom stereocenters. The molecule has 2 N–H and O–H groups in total. The lowest BCUT2D eigenvalue weighted by molar-refractivity contribution is 0.624. The van der Waals surface area contributed by atoms with Gasteiger partial charge in [0.05, 0.1) is 3.79 Å². The number of hydrogen-bond donors (Lipinski definition) is 1. The number of benzene rings is 1. The third-order valence-electron chi connectivity index (χ3n) is 2.35. The molecule has 0 amide bonds. The maximum atomic E-state index is 13.0. The topological polar surface area (TPSA) is 26.0 Å². The van der Waals surface area contributed by atoms with Crippen LogP contribution in [0.3, 0.4) is 0 Å². The number of thiophene rings is 1. The van der Waals surface area contributed by atoms with Crippen LogP contribution >= 0.6 is 39.0 Å². The van der Waals surface area contributed by atoms with Crippen molar-refractivity contribution in [2.45, 2.75) is 17.4 Å². The summed E-state index contributed by atoms with van der Waals surface area (Å²) in [7, 11) is 0. The molecule has 1 nitrogen and oxygen atoms in total. The third-order valence-corrected chi connectivity index (χ3v) is 5.18. The molecule has 1 heterocycles. The van der Waals surface area contributed by atoms with E-state index in [1.165, 1.54) is 10.9 Å². The van der Waals surface area contributed by atoms with Gasteiger partial charge in [-0.1, -0.05) is 6.07 Å². The largest absolute Gasteiger partial charge is 0.327 e. The van der Waals surface area contributed by atoms with E-state index in [4.69, 9.17) is 5.73 Å². The van der Waals surface area contributed by atoms with Gasteiger partial charge in [0, 0.05) is 21.6 Å². The van der Waals surface area contributed by atoms with Crippen molar-refractivity contribution in [2.24, 2.45) is 5.73 Å². The SMILES string of the molecule is NC(CSc1cccc(F)c1)Cc1ccc(Br)s1. The van der Waals surface area contributed by atoms with Gasteiger partial charge in [0.15, 0.2) is 0 Å². The van der Waals surface area contributed by atoms with Crippen LogP contribution in [0.1, 0.15) is 4.88 Å². The van der Waals surface area contributed by atoms with Crippen molar-refractivity contribution in [3.8, 4) is 0 Å². The Morgan fingerprint density at radius 3 is 2.83 bits per heavy atom. The number of hydrogen-bond acceptors (Lipinski definition) is 3. The fraction of sp³-hybridized carbons (Fsp3) is 0.231. The summed E-state index contributed by atoms with van der Waals surface area (Å²) < 4.78 is 14.1. The molecule has 0 fully saturated rings. The van der Waals surface area contributed by atoms with Crippen LogP contribution in [0.5, 0.6) is 0 Å². The summed E-state index contributed by atoms with van der Waals surface area (Å²) in [6, 6.07) is 10.8. The predicted octanol–water partition coefficient (Wildman–Crippen LogP) is 4.31. The minimum Gasteiger partial charge on any atom is -0.327 e. The lowest BCUT2D eigenvalue weighted by Gasteiger charge is -2.09. The van der Waals surface area contributed by atoms with E-state index >= 15 is 0 Å². The summed E-state index contributed by atoms with van der Waals surface area (Å²) >= 11 is 6.74. The van der Waals surface area contributed by atoms with Gasteiger partial charge in [0.2, 0.25) is 0 Å². The summed E-state index contributed by atoms with van der Waals surface area (Å²) in [5.41, 5.74) is 6.08. The molecule has 0 aliphatic carbocycles. The highest BCUT2D eigenvalue weighted by Crippen LogP contribution is 2.24. The number of rotatable bonds is 5. The summed E-state index contributed by atoms with van der Waals surface area (Å²) in [6.07, 6.45) is 0.860. The molecule has 5 heteroatoms. The van der Waals surface area contributed by atoms with Crippen LogP contribution in [-0.4, -0.2) is 11.8 Å². The van der Waals surface area contributed by atoms with Crippen molar-refractivity contribution < 1.29 is 4.39 Å². The third kappa shape index (κ3) is 4.39. The highest BCUT2D eigenvalue weighted by atomic mass is 79.9. The first-order valence-corrected chi connectivity index (χ1v) is 8.11. The molecule has 18 heavy (non-hydrogen) atoms. The monoisotopic (exact) mass is 345 g/mol. The summed E-state index contributed by atoms with van der Waals surface area (Å²) in [6.45, 7) is 0. The van der Waals surface area contributed by atoms with Gasteiger partial charge in [-0.25, -0.2) is 4.39 Å². The second-order valence-corrected chi connectivity index (χ2v) is 7.58. The first kappa shape index (κ1) is 14.1. The first-order valence-electron chi connectivity index (χ1n) is 5.51. The smallest absolute Gasteiger partial charge is 0.124 e. The standard InChI is InChI=1S/C13H13BrFNS2/c14-13-5-4-12(18-13)7-10(16)8-17-11-3-1-2-9(15)6-11/h1-6,10H,7-8,16H2. The van der Waals surface area contributed by atoms with Gasteiger partial charge in [-0.05, 0) is 52.7 Å². The fourth-order valence-corrected chi connectivity index (χ4v) is 4.01. The minimum absolute atomic E-state index is 0.0869. The Morgan fingerprint density at radius 2 is 2.17 bits per heavy atom. The molecular weight excluding hydrogens is 333 g/mol. The number of thioether (sulfide) groups is 1.